The quantitative estimate of drug-likeness (QED) is 0.652. The second-order valence-corrected chi connectivity index (χ2v) is 4.68. The van der Waals surface area contributed by atoms with Gasteiger partial charge in [-0.25, -0.2) is 14.3 Å². The Labute approximate surface area is 107 Å². The van der Waals surface area contributed by atoms with Crippen LogP contribution in [0.3, 0.4) is 0 Å². The number of anilines is 1. The summed E-state index contributed by atoms with van der Waals surface area (Å²) in [6.45, 7) is 2.41. The number of H-pyrrole nitrogens is 1. The molecule has 1 aromatic carbocycles. The second-order valence-electron chi connectivity index (χ2n) is 3.74. The minimum Gasteiger partial charge on any atom is -0.399 e. The molecule has 18 heavy (non-hydrogen) atoms. The van der Waals surface area contributed by atoms with Gasteiger partial charge in [0, 0.05) is 18.0 Å². The molecule has 7 heteroatoms. The monoisotopic (exact) mass is 268 g/mol. The van der Waals surface area contributed by atoms with Gasteiger partial charge in [-0.2, -0.15) is 0 Å². The van der Waals surface area contributed by atoms with Gasteiger partial charge in [0.05, 0.1) is 0 Å². The number of hydrogen-bond donors (Lipinski definition) is 2. The Morgan fingerprint density at radius 2 is 2.28 bits per heavy atom. The van der Waals surface area contributed by atoms with Gasteiger partial charge in [0.25, 0.3) is 0 Å². The molecule has 2 rings (SSSR count). The predicted octanol–water partition coefficient (Wildman–Crippen LogP) is 1.60. The van der Waals surface area contributed by atoms with E-state index in [4.69, 9.17) is 5.73 Å². The van der Waals surface area contributed by atoms with Gasteiger partial charge in [-0.05, 0) is 30.7 Å². The molecule has 3 N–H and O–H groups in total. The normalized spacial score (nSPS) is 10.8. The van der Waals surface area contributed by atoms with Crippen LogP contribution in [0.5, 0.6) is 0 Å². The maximum absolute atomic E-state index is 13.1. The highest BCUT2D eigenvalue weighted by molar-refractivity contribution is 7.98. The average Bonchev–Trinajstić information content (AvgIpc) is 2.66. The lowest BCUT2D eigenvalue weighted by molar-refractivity contribution is 0.627. The first-order chi connectivity index (χ1) is 8.60. The zero-order chi connectivity index (χ0) is 13.1. The molecule has 0 atom stereocenters. The molecule has 1 aromatic heterocycles. The lowest BCUT2D eigenvalue weighted by atomic mass is 10.2. The molecule has 0 bridgehead atoms. The third kappa shape index (κ3) is 2.73. The highest BCUT2D eigenvalue weighted by Crippen LogP contribution is 2.21. The minimum atomic E-state index is -0.361. The van der Waals surface area contributed by atoms with Gasteiger partial charge in [0.2, 0.25) is 0 Å². The molecular weight excluding hydrogens is 255 g/mol. The molecule has 0 saturated heterocycles. The molecule has 0 unspecified atom stereocenters. The molecule has 1 heterocycles. The Balaban J connectivity index is 2.13. The van der Waals surface area contributed by atoms with E-state index in [-0.39, 0.29) is 11.5 Å². The largest absolute Gasteiger partial charge is 0.399 e. The lowest BCUT2D eigenvalue weighted by Gasteiger charge is -2.04. The number of halogens is 1. The van der Waals surface area contributed by atoms with Crippen LogP contribution in [-0.4, -0.2) is 14.8 Å². The molecule has 0 saturated carbocycles. The summed E-state index contributed by atoms with van der Waals surface area (Å²) in [6.07, 6.45) is 0. The summed E-state index contributed by atoms with van der Waals surface area (Å²) in [5.74, 6) is 0.146. The fourth-order valence-electron chi connectivity index (χ4n) is 1.60. The van der Waals surface area contributed by atoms with E-state index in [9.17, 15) is 9.18 Å². The van der Waals surface area contributed by atoms with E-state index in [2.05, 4.69) is 10.2 Å². The summed E-state index contributed by atoms with van der Waals surface area (Å²) < 4.78 is 14.7. The number of aromatic amines is 1. The fraction of sp³-hybridized carbons (Fsp3) is 0.273. The van der Waals surface area contributed by atoms with Crippen LogP contribution in [0, 0.1) is 5.82 Å². The molecule has 0 aliphatic rings. The van der Waals surface area contributed by atoms with Gasteiger partial charge in [0.15, 0.2) is 5.16 Å². The van der Waals surface area contributed by atoms with Gasteiger partial charge in [-0.3, -0.25) is 4.57 Å². The lowest BCUT2D eigenvalue weighted by Crippen LogP contribution is -2.16. The maximum Gasteiger partial charge on any atom is 0.343 e. The number of nitrogen functional groups attached to an aromatic ring is 1. The van der Waals surface area contributed by atoms with Gasteiger partial charge in [-0.15, -0.1) is 5.10 Å². The first kappa shape index (κ1) is 12.7. The van der Waals surface area contributed by atoms with Crippen molar-refractivity contribution in [2.45, 2.75) is 24.4 Å². The molecule has 5 nitrogen and oxygen atoms in total. The number of benzene rings is 1. The molecule has 0 spiro atoms. The number of hydrogen-bond acceptors (Lipinski definition) is 4. The summed E-state index contributed by atoms with van der Waals surface area (Å²) in [4.78, 5) is 11.3. The van der Waals surface area contributed by atoms with E-state index in [1.165, 1.54) is 28.5 Å². The molecule has 0 radical (unpaired) electrons. The zero-order valence-corrected chi connectivity index (χ0v) is 10.6. The smallest absolute Gasteiger partial charge is 0.343 e. The molecule has 0 aliphatic carbocycles. The van der Waals surface area contributed by atoms with Crippen molar-refractivity contribution in [3.63, 3.8) is 0 Å². The molecular formula is C11H13FN4OS. The van der Waals surface area contributed by atoms with Crippen LogP contribution in [0.1, 0.15) is 12.5 Å². The fourth-order valence-corrected chi connectivity index (χ4v) is 2.54. The summed E-state index contributed by atoms with van der Waals surface area (Å²) in [5.41, 5.74) is 6.47. The Morgan fingerprint density at radius 3 is 2.94 bits per heavy atom. The van der Waals surface area contributed by atoms with E-state index in [1.54, 1.807) is 6.07 Å². The van der Waals surface area contributed by atoms with E-state index in [1.807, 2.05) is 6.92 Å². The molecule has 96 valence electrons. The average molecular weight is 268 g/mol. The highest BCUT2D eigenvalue weighted by atomic mass is 32.2. The Bertz CT molecular complexity index is 587. The van der Waals surface area contributed by atoms with Crippen LogP contribution in [0.15, 0.2) is 28.2 Å². The van der Waals surface area contributed by atoms with Crippen molar-refractivity contribution in [1.82, 2.24) is 14.8 Å². The number of nitrogens with two attached hydrogens (primary N) is 1. The Kier molecular flexibility index (Phi) is 3.71. The minimum absolute atomic E-state index is 0.237. The number of thioether (sulfide) groups is 1. The van der Waals surface area contributed by atoms with E-state index in [0.29, 0.717) is 23.1 Å². The molecule has 0 amide bonds. The van der Waals surface area contributed by atoms with Gasteiger partial charge in [0.1, 0.15) is 5.82 Å². The standard InChI is InChI=1S/C11H13FN4OS/c1-2-16-10(17)14-15-11(16)18-6-7-3-8(12)5-9(13)4-7/h3-5H,2,6,13H2,1H3,(H,14,17). The van der Waals surface area contributed by atoms with Crippen molar-refractivity contribution in [3.8, 4) is 0 Å². The van der Waals surface area contributed by atoms with Crippen LogP contribution in [-0.2, 0) is 12.3 Å². The van der Waals surface area contributed by atoms with Crippen molar-refractivity contribution in [2.24, 2.45) is 0 Å². The van der Waals surface area contributed by atoms with Crippen LogP contribution in [0.4, 0.5) is 10.1 Å². The van der Waals surface area contributed by atoms with E-state index >= 15 is 0 Å². The van der Waals surface area contributed by atoms with Crippen molar-refractivity contribution >= 4 is 17.4 Å². The predicted molar refractivity (Wildman–Crippen MR) is 68.9 cm³/mol. The van der Waals surface area contributed by atoms with Crippen molar-refractivity contribution in [1.29, 1.82) is 0 Å². The van der Waals surface area contributed by atoms with Crippen LogP contribution < -0.4 is 11.4 Å². The summed E-state index contributed by atoms with van der Waals surface area (Å²) in [6, 6.07) is 4.40. The zero-order valence-electron chi connectivity index (χ0n) is 9.81. The van der Waals surface area contributed by atoms with E-state index < -0.39 is 0 Å². The van der Waals surface area contributed by atoms with Crippen molar-refractivity contribution in [3.05, 3.63) is 40.1 Å². The number of rotatable bonds is 4. The van der Waals surface area contributed by atoms with Crippen LogP contribution >= 0.6 is 11.8 Å². The van der Waals surface area contributed by atoms with Crippen molar-refractivity contribution in [2.75, 3.05) is 5.73 Å². The topological polar surface area (TPSA) is 76.7 Å². The molecule has 0 fully saturated rings. The Morgan fingerprint density at radius 1 is 1.50 bits per heavy atom. The highest BCUT2D eigenvalue weighted by Gasteiger charge is 2.08. The van der Waals surface area contributed by atoms with Crippen LogP contribution in [0.2, 0.25) is 0 Å². The first-order valence-corrected chi connectivity index (χ1v) is 6.41. The Hall–Kier alpha value is -1.76. The SMILES string of the molecule is CCn1c(SCc2cc(N)cc(F)c2)n[nH]c1=O. The summed E-state index contributed by atoms with van der Waals surface area (Å²) in [5, 5.41) is 6.88. The first-order valence-electron chi connectivity index (χ1n) is 5.43. The maximum atomic E-state index is 13.1. The number of aromatic nitrogens is 3. The summed E-state index contributed by atoms with van der Waals surface area (Å²) >= 11 is 1.36. The number of nitrogens with zero attached hydrogens (tertiary/aromatic N) is 2. The van der Waals surface area contributed by atoms with E-state index in [0.717, 1.165) is 5.56 Å². The summed E-state index contributed by atoms with van der Waals surface area (Å²) in [7, 11) is 0. The van der Waals surface area contributed by atoms with Crippen molar-refractivity contribution < 1.29 is 4.39 Å². The van der Waals surface area contributed by atoms with Gasteiger partial charge in [-0.1, -0.05) is 11.8 Å². The number of nitrogens with one attached hydrogen (secondary N) is 1. The van der Waals surface area contributed by atoms with Gasteiger partial charge >= 0.3 is 5.69 Å². The van der Waals surface area contributed by atoms with Crippen LogP contribution in [0.25, 0.3) is 0 Å². The third-order valence-electron chi connectivity index (χ3n) is 2.39. The molecule has 0 aliphatic heterocycles. The second kappa shape index (κ2) is 5.26. The third-order valence-corrected chi connectivity index (χ3v) is 3.43. The molecule has 2 aromatic rings. The van der Waals surface area contributed by atoms with Gasteiger partial charge < -0.3 is 5.73 Å².